The Hall–Kier alpha value is -3.18. The van der Waals surface area contributed by atoms with Crippen molar-refractivity contribution in [3.8, 4) is 11.5 Å². The van der Waals surface area contributed by atoms with Crippen LogP contribution in [0.15, 0.2) is 36.4 Å². The molecule has 0 aromatic heterocycles. The van der Waals surface area contributed by atoms with E-state index in [0.29, 0.717) is 62.5 Å². The number of nitrogens with two attached hydrogens (primary N) is 1. The summed E-state index contributed by atoms with van der Waals surface area (Å²) in [6, 6.07) is 10.9. The summed E-state index contributed by atoms with van der Waals surface area (Å²) in [5, 5.41) is 30.2. The molecule has 41 heavy (non-hydrogen) atoms. The molecule has 5 N–H and O–H groups in total. The van der Waals surface area contributed by atoms with Gasteiger partial charge < -0.3 is 35.4 Å². The monoisotopic (exact) mass is 569 g/mol. The first kappa shape index (κ1) is 30.8. The number of carbonyl (C=O) groups excluding carboxylic acids is 1. The van der Waals surface area contributed by atoms with Crippen molar-refractivity contribution >= 4 is 11.9 Å². The number of aliphatic carboxylic acids is 1. The zero-order valence-electron chi connectivity index (χ0n) is 23.8. The lowest BCUT2D eigenvalue weighted by atomic mass is 9.82. The Bertz CT molecular complexity index is 1190. The van der Waals surface area contributed by atoms with Crippen molar-refractivity contribution in [2.45, 2.75) is 64.2 Å². The molecule has 0 saturated carbocycles. The Morgan fingerprint density at radius 3 is 2.49 bits per heavy atom. The lowest BCUT2D eigenvalue weighted by Gasteiger charge is -2.29. The summed E-state index contributed by atoms with van der Waals surface area (Å²) < 4.78 is 11.1. The summed E-state index contributed by atoms with van der Waals surface area (Å²) in [7, 11) is 0. The number of benzene rings is 2. The first-order chi connectivity index (χ1) is 19.9. The van der Waals surface area contributed by atoms with Crippen molar-refractivity contribution in [3.05, 3.63) is 58.7 Å². The molecule has 0 spiro atoms. The fourth-order valence-corrected chi connectivity index (χ4v) is 6.23. The number of aliphatic hydroxyl groups is 2. The van der Waals surface area contributed by atoms with Crippen LogP contribution in [-0.2, 0) is 29.2 Å². The number of amides is 1. The second-order valence-corrected chi connectivity index (χ2v) is 10.9. The van der Waals surface area contributed by atoms with E-state index in [0.717, 1.165) is 29.5 Å². The quantitative estimate of drug-likeness (QED) is 0.254. The first-order valence-corrected chi connectivity index (χ1v) is 14.6. The van der Waals surface area contributed by atoms with Gasteiger partial charge in [0.15, 0.2) is 11.5 Å². The fourth-order valence-electron chi connectivity index (χ4n) is 6.23. The highest BCUT2D eigenvalue weighted by atomic mass is 16.7. The number of hydrogen-bond acceptors (Lipinski definition) is 8. The molecule has 2 heterocycles. The Morgan fingerprint density at radius 2 is 1.80 bits per heavy atom. The SMILES string of the molecule is CCCCN(CCN)C(=O)CN1C[C@H](c2cc(CO)c3c(c2)OCO3)[C@@H](C(=O)O)[C@@H]1CCCc1ccccc1CO. The van der Waals surface area contributed by atoms with Crippen LogP contribution in [-0.4, -0.2) is 82.6 Å². The molecule has 2 aliphatic heterocycles. The lowest BCUT2D eigenvalue weighted by molar-refractivity contribution is -0.143. The van der Waals surface area contributed by atoms with E-state index in [1.807, 2.05) is 35.2 Å². The third-order valence-corrected chi connectivity index (χ3v) is 8.31. The van der Waals surface area contributed by atoms with Crippen LogP contribution in [0.2, 0.25) is 0 Å². The molecule has 2 aromatic carbocycles. The van der Waals surface area contributed by atoms with Crippen LogP contribution in [0.5, 0.6) is 11.5 Å². The molecule has 0 bridgehead atoms. The molecule has 4 rings (SSSR count). The van der Waals surface area contributed by atoms with E-state index in [1.165, 1.54) is 0 Å². The summed E-state index contributed by atoms with van der Waals surface area (Å²) in [5.41, 5.74) is 9.01. The number of aryl methyl sites for hydroxylation is 1. The van der Waals surface area contributed by atoms with Crippen LogP contribution >= 0.6 is 0 Å². The predicted octanol–water partition coefficient (Wildman–Crippen LogP) is 2.48. The molecule has 0 radical (unpaired) electrons. The topological polar surface area (TPSA) is 146 Å². The molecular formula is C31H43N3O7. The normalized spacial score (nSPS) is 20.0. The number of carboxylic acid groups (broad SMARTS) is 1. The summed E-state index contributed by atoms with van der Waals surface area (Å²) >= 11 is 0. The maximum atomic E-state index is 13.5. The van der Waals surface area contributed by atoms with Gasteiger partial charge in [-0.1, -0.05) is 37.6 Å². The Morgan fingerprint density at radius 1 is 1.05 bits per heavy atom. The number of carbonyl (C=O) groups is 2. The summed E-state index contributed by atoms with van der Waals surface area (Å²) in [6.45, 7) is 3.76. The number of unbranched alkanes of at least 4 members (excludes halogenated alkanes) is 1. The number of nitrogens with zero attached hydrogens (tertiary/aromatic N) is 2. The standard InChI is InChI=1S/C31H43N3O7/c1-2-3-12-33(13-11-32)28(37)17-34-16-25(23-14-24(19-36)30-27(15-23)40-20-41-30)29(31(38)39)26(34)10-6-9-21-7-4-5-8-22(21)18-35/h4-5,7-8,14-15,25-26,29,35-36H,2-3,6,9-13,16-20,32H2,1H3,(H,38,39)/t25-,26+,29-/m1/s1. The third kappa shape index (κ3) is 7.19. The number of rotatable bonds is 15. The summed E-state index contributed by atoms with van der Waals surface area (Å²) in [4.78, 5) is 30.1. The molecule has 2 aromatic rings. The number of fused-ring (bicyclic) bond motifs is 1. The van der Waals surface area contributed by atoms with Crippen molar-refractivity contribution < 1.29 is 34.4 Å². The molecule has 0 aliphatic carbocycles. The van der Waals surface area contributed by atoms with Gasteiger partial charge in [-0.2, -0.15) is 0 Å². The number of carboxylic acids is 1. The maximum absolute atomic E-state index is 13.5. The third-order valence-electron chi connectivity index (χ3n) is 8.31. The van der Waals surface area contributed by atoms with Crippen molar-refractivity contribution in [1.82, 2.24) is 9.80 Å². The van der Waals surface area contributed by atoms with E-state index in [9.17, 15) is 24.9 Å². The van der Waals surface area contributed by atoms with E-state index in [-0.39, 0.29) is 38.5 Å². The summed E-state index contributed by atoms with van der Waals surface area (Å²) in [6.07, 6.45) is 3.80. The minimum atomic E-state index is -0.918. The molecule has 0 unspecified atom stereocenters. The smallest absolute Gasteiger partial charge is 0.308 e. The van der Waals surface area contributed by atoms with Gasteiger partial charge in [-0.15, -0.1) is 0 Å². The number of ether oxygens (including phenoxy) is 2. The van der Waals surface area contributed by atoms with Crippen molar-refractivity contribution in [3.63, 3.8) is 0 Å². The van der Waals surface area contributed by atoms with Crippen LogP contribution in [0.25, 0.3) is 0 Å². The fraction of sp³-hybridized carbons (Fsp3) is 0.548. The van der Waals surface area contributed by atoms with E-state index in [2.05, 4.69) is 6.92 Å². The molecule has 2 aliphatic rings. The highest BCUT2D eigenvalue weighted by Gasteiger charge is 2.47. The maximum Gasteiger partial charge on any atom is 0.308 e. The van der Waals surface area contributed by atoms with Gasteiger partial charge in [0.2, 0.25) is 12.7 Å². The Kier molecular flexibility index (Phi) is 11.0. The van der Waals surface area contributed by atoms with Crippen LogP contribution in [0, 0.1) is 5.92 Å². The van der Waals surface area contributed by atoms with Gasteiger partial charge >= 0.3 is 5.97 Å². The highest BCUT2D eigenvalue weighted by molar-refractivity contribution is 5.79. The van der Waals surface area contributed by atoms with Crippen molar-refractivity contribution in [1.29, 1.82) is 0 Å². The van der Waals surface area contributed by atoms with Gasteiger partial charge in [-0.25, -0.2) is 0 Å². The Labute approximate surface area is 241 Å². The van der Waals surface area contributed by atoms with E-state index in [1.54, 1.807) is 11.0 Å². The van der Waals surface area contributed by atoms with E-state index in [4.69, 9.17) is 15.2 Å². The number of hydrogen-bond donors (Lipinski definition) is 4. The average molecular weight is 570 g/mol. The molecule has 10 heteroatoms. The lowest BCUT2D eigenvalue weighted by Crippen LogP contribution is -2.45. The molecule has 1 amide bonds. The van der Waals surface area contributed by atoms with Crippen LogP contribution < -0.4 is 15.2 Å². The van der Waals surface area contributed by atoms with E-state index >= 15 is 0 Å². The zero-order valence-corrected chi connectivity index (χ0v) is 23.8. The van der Waals surface area contributed by atoms with Gasteiger partial charge in [-0.05, 0) is 54.5 Å². The highest BCUT2D eigenvalue weighted by Crippen LogP contribution is 2.44. The van der Waals surface area contributed by atoms with Gasteiger partial charge in [0, 0.05) is 43.7 Å². The van der Waals surface area contributed by atoms with Crippen molar-refractivity contribution in [2.75, 3.05) is 39.5 Å². The molecule has 224 valence electrons. The van der Waals surface area contributed by atoms with Gasteiger partial charge in [0.1, 0.15) is 0 Å². The molecule has 10 nitrogen and oxygen atoms in total. The zero-order chi connectivity index (χ0) is 29.4. The summed E-state index contributed by atoms with van der Waals surface area (Å²) in [5.74, 6) is -1.16. The second-order valence-electron chi connectivity index (χ2n) is 10.9. The molecule has 1 fully saturated rings. The largest absolute Gasteiger partial charge is 0.481 e. The predicted molar refractivity (Wildman–Crippen MR) is 154 cm³/mol. The Balaban J connectivity index is 1.62. The molecular weight excluding hydrogens is 526 g/mol. The molecule has 1 saturated heterocycles. The van der Waals surface area contributed by atoms with Crippen LogP contribution in [0.3, 0.4) is 0 Å². The van der Waals surface area contributed by atoms with Gasteiger partial charge in [0.25, 0.3) is 0 Å². The second kappa shape index (κ2) is 14.6. The van der Waals surface area contributed by atoms with Gasteiger partial charge in [0.05, 0.1) is 25.7 Å². The minimum Gasteiger partial charge on any atom is -0.481 e. The molecule has 3 atom stereocenters. The number of likely N-dealkylation sites (tertiary alicyclic amines) is 1. The number of aliphatic hydroxyl groups excluding tert-OH is 2. The minimum absolute atomic E-state index is 0.0477. The van der Waals surface area contributed by atoms with Crippen molar-refractivity contribution in [2.24, 2.45) is 11.7 Å². The van der Waals surface area contributed by atoms with Gasteiger partial charge in [-0.3, -0.25) is 14.5 Å². The van der Waals surface area contributed by atoms with Crippen LogP contribution in [0.4, 0.5) is 0 Å². The first-order valence-electron chi connectivity index (χ1n) is 14.6. The average Bonchev–Trinajstić information content (AvgIpc) is 3.60. The van der Waals surface area contributed by atoms with E-state index < -0.39 is 17.8 Å². The van der Waals surface area contributed by atoms with Crippen LogP contribution in [0.1, 0.15) is 60.8 Å².